The van der Waals surface area contributed by atoms with Gasteiger partial charge in [-0.05, 0) is 70.4 Å². The predicted octanol–water partition coefficient (Wildman–Crippen LogP) is 4.62. The van der Waals surface area contributed by atoms with Crippen LogP contribution in [-0.4, -0.2) is 66.8 Å². The summed E-state index contributed by atoms with van der Waals surface area (Å²) in [5.74, 6) is 0.0569. The quantitative estimate of drug-likeness (QED) is 0.256. The normalized spacial score (nSPS) is 16.7. The van der Waals surface area contributed by atoms with E-state index in [1.807, 2.05) is 19.9 Å². The molecule has 0 bridgehead atoms. The van der Waals surface area contributed by atoms with E-state index in [-0.39, 0.29) is 24.8 Å². The smallest absolute Gasteiger partial charge is 0.214 e. The molecule has 1 saturated heterocycles. The number of nitrogens with zero attached hydrogens (tertiary/aromatic N) is 4. The third kappa shape index (κ3) is 6.76. The van der Waals surface area contributed by atoms with Crippen LogP contribution in [0, 0.1) is 12.8 Å². The zero-order valence-corrected chi connectivity index (χ0v) is 24.5. The Hall–Kier alpha value is -3.57. The number of ether oxygens (including phenoxy) is 2. The number of carbonyl (C=O) groups excluding carboxylic acids is 1. The maximum atomic E-state index is 13.6. The Bertz CT molecular complexity index is 1500. The van der Waals surface area contributed by atoms with Crippen molar-refractivity contribution in [3.8, 4) is 17.1 Å². The van der Waals surface area contributed by atoms with E-state index >= 15 is 0 Å². The van der Waals surface area contributed by atoms with Gasteiger partial charge in [-0.1, -0.05) is 13.0 Å². The van der Waals surface area contributed by atoms with E-state index in [0.29, 0.717) is 49.7 Å². The molecule has 0 aliphatic carbocycles. The van der Waals surface area contributed by atoms with Gasteiger partial charge in [0.05, 0.1) is 17.9 Å². The molecular formula is C29H41N5O5S. The highest BCUT2D eigenvalue weighted by Gasteiger charge is 2.39. The fraction of sp³-hybridized carbons (Fsp3) is 0.448. The van der Waals surface area contributed by atoms with Crippen LogP contribution in [0.15, 0.2) is 47.5 Å². The van der Waals surface area contributed by atoms with E-state index in [4.69, 9.17) is 20.2 Å². The number of Topliss-reactive ketones (excluding diaryl/α,β-unsaturated/α-hetero) is 1. The zero-order valence-electron chi connectivity index (χ0n) is 23.7. The standard InChI is InChI=1S/C29H37N5O5S.2H2/c1-6-38-12-13-39-26-15-21(14-20(3)31-26)23-11-10-22(28(32-23)34-17-19(2)16-29(34,4)5)24(35)18-40(36,37)27-9-7-8-25(30)33-27;;/h7-11,14-15,19H,6,12-13,16-18H2,1-5H3,(H2,30,33);2*1H/t19-;;/m0../s1. The van der Waals surface area contributed by atoms with Crippen molar-refractivity contribution in [2.24, 2.45) is 5.92 Å². The van der Waals surface area contributed by atoms with Gasteiger partial charge in [0, 0.05) is 38.9 Å². The Balaban J connectivity index is 0.00000308. The number of carbonyl (C=O) groups is 1. The first kappa shape index (κ1) is 29.4. The highest BCUT2D eigenvalue weighted by Crippen LogP contribution is 2.38. The van der Waals surface area contributed by atoms with Crippen molar-refractivity contribution >= 4 is 27.3 Å². The molecule has 0 amide bonds. The van der Waals surface area contributed by atoms with Crippen LogP contribution in [0.4, 0.5) is 11.6 Å². The monoisotopic (exact) mass is 571 g/mol. The van der Waals surface area contributed by atoms with Crippen molar-refractivity contribution in [2.45, 2.75) is 51.6 Å². The molecule has 1 aliphatic heterocycles. The lowest BCUT2D eigenvalue weighted by Crippen LogP contribution is -2.40. The first-order valence-electron chi connectivity index (χ1n) is 13.4. The lowest BCUT2D eigenvalue weighted by molar-refractivity contribution is 0.102. The van der Waals surface area contributed by atoms with Gasteiger partial charge in [-0.3, -0.25) is 4.79 Å². The Labute approximate surface area is 238 Å². The third-order valence-electron chi connectivity index (χ3n) is 6.80. The van der Waals surface area contributed by atoms with Gasteiger partial charge in [0.1, 0.15) is 24.0 Å². The summed E-state index contributed by atoms with van der Waals surface area (Å²) in [5, 5.41) is -0.230. The number of anilines is 2. The Morgan fingerprint density at radius 1 is 1.15 bits per heavy atom. The molecule has 3 aromatic rings. The van der Waals surface area contributed by atoms with Gasteiger partial charge in [0.2, 0.25) is 15.7 Å². The molecule has 4 heterocycles. The summed E-state index contributed by atoms with van der Waals surface area (Å²) in [7, 11) is -4.02. The highest BCUT2D eigenvalue weighted by molar-refractivity contribution is 7.92. The van der Waals surface area contributed by atoms with Gasteiger partial charge in [-0.25, -0.2) is 23.4 Å². The summed E-state index contributed by atoms with van der Waals surface area (Å²) in [6.07, 6.45) is 0.907. The van der Waals surface area contributed by atoms with Crippen LogP contribution in [0.2, 0.25) is 0 Å². The van der Waals surface area contributed by atoms with E-state index in [1.54, 1.807) is 18.2 Å². The summed E-state index contributed by atoms with van der Waals surface area (Å²) in [5.41, 5.74) is 7.81. The van der Waals surface area contributed by atoms with E-state index in [0.717, 1.165) is 17.7 Å². The number of nitrogens with two attached hydrogens (primary N) is 1. The number of rotatable bonds is 11. The van der Waals surface area contributed by atoms with Crippen LogP contribution < -0.4 is 15.4 Å². The average Bonchev–Trinajstić information content (AvgIpc) is 3.17. The summed E-state index contributed by atoms with van der Waals surface area (Å²) in [4.78, 5) is 29.0. The Morgan fingerprint density at radius 2 is 1.93 bits per heavy atom. The van der Waals surface area contributed by atoms with Crippen molar-refractivity contribution in [3.63, 3.8) is 0 Å². The average molecular weight is 572 g/mol. The largest absolute Gasteiger partial charge is 0.475 e. The molecule has 0 radical (unpaired) electrons. The van der Waals surface area contributed by atoms with Gasteiger partial charge >= 0.3 is 0 Å². The van der Waals surface area contributed by atoms with Gasteiger partial charge < -0.3 is 20.1 Å². The van der Waals surface area contributed by atoms with Crippen LogP contribution in [0.3, 0.4) is 0 Å². The minimum Gasteiger partial charge on any atom is -0.475 e. The fourth-order valence-corrected chi connectivity index (χ4v) is 6.31. The number of pyridine rings is 3. The van der Waals surface area contributed by atoms with Crippen LogP contribution >= 0.6 is 0 Å². The molecule has 40 heavy (non-hydrogen) atoms. The van der Waals surface area contributed by atoms with Crippen molar-refractivity contribution in [3.05, 3.63) is 53.7 Å². The maximum absolute atomic E-state index is 13.6. The van der Waals surface area contributed by atoms with Crippen molar-refractivity contribution in [1.29, 1.82) is 0 Å². The van der Waals surface area contributed by atoms with Crippen LogP contribution in [0.1, 0.15) is 53.0 Å². The van der Waals surface area contributed by atoms with Crippen LogP contribution in [0.5, 0.6) is 5.88 Å². The predicted molar refractivity (Wildman–Crippen MR) is 159 cm³/mol. The minimum absolute atomic E-state index is 0. The zero-order chi connectivity index (χ0) is 29.1. The highest BCUT2D eigenvalue weighted by atomic mass is 32.2. The van der Waals surface area contributed by atoms with Gasteiger partial charge in [-0.2, -0.15) is 0 Å². The molecule has 10 nitrogen and oxygen atoms in total. The molecule has 0 saturated carbocycles. The number of nitrogen functional groups attached to an aromatic ring is 1. The molecule has 218 valence electrons. The third-order valence-corrected chi connectivity index (χ3v) is 8.30. The van der Waals surface area contributed by atoms with E-state index in [2.05, 4.69) is 35.6 Å². The first-order chi connectivity index (χ1) is 18.9. The molecule has 1 aliphatic rings. The Kier molecular flexibility index (Phi) is 8.74. The van der Waals surface area contributed by atoms with Crippen LogP contribution in [0.25, 0.3) is 11.3 Å². The molecule has 4 rings (SSSR count). The molecule has 2 N–H and O–H groups in total. The number of aryl methyl sites for hydroxylation is 1. The lowest BCUT2D eigenvalue weighted by atomic mass is 9.97. The summed E-state index contributed by atoms with van der Waals surface area (Å²) in [6, 6.07) is 11.4. The van der Waals surface area contributed by atoms with Crippen LogP contribution in [-0.2, 0) is 14.6 Å². The number of aromatic nitrogens is 3. The molecule has 1 atom stereocenters. The van der Waals surface area contributed by atoms with Gasteiger partial charge in [-0.15, -0.1) is 0 Å². The van der Waals surface area contributed by atoms with Gasteiger partial charge in [0.15, 0.2) is 10.8 Å². The molecule has 0 aromatic carbocycles. The topological polar surface area (TPSA) is 138 Å². The SMILES string of the molecule is CCOCCOc1cc(-c2ccc(C(=O)CS(=O)(=O)c3cccc(N)n3)c(N3C[C@@H](C)CC3(C)C)n2)cc(C)n1.[HH].[HH]. The first-order valence-corrected chi connectivity index (χ1v) is 15.0. The maximum Gasteiger partial charge on any atom is 0.214 e. The second kappa shape index (κ2) is 11.9. The molecule has 11 heteroatoms. The molecule has 0 unspecified atom stereocenters. The number of sulfone groups is 1. The van der Waals surface area contributed by atoms with Crippen molar-refractivity contribution in [1.82, 2.24) is 15.0 Å². The van der Waals surface area contributed by atoms with E-state index < -0.39 is 21.4 Å². The molecule has 3 aromatic heterocycles. The number of ketones is 1. The van der Waals surface area contributed by atoms with Gasteiger partial charge in [0.25, 0.3) is 0 Å². The lowest BCUT2D eigenvalue weighted by Gasteiger charge is -2.34. The number of hydrogen-bond donors (Lipinski definition) is 1. The molecular weight excluding hydrogens is 530 g/mol. The second-order valence-corrected chi connectivity index (χ2v) is 12.7. The Morgan fingerprint density at radius 3 is 2.60 bits per heavy atom. The molecule has 0 spiro atoms. The second-order valence-electron chi connectivity index (χ2n) is 10.8. The van der Waals surface area contributed by atoms with E-state index in [9.17, 15) is 13.2 Å². The molecule has 1 fully saturated rings. The summed E-state index contributed by atoms with van der Waals surface area (Å²) < 4.78 is 37.3. The summed E-state index contributed by atoms with van der Waals surface area (Å²) >= 11 is 0. The van der Waals surface area contributed by atoms with E-state index in [1.165, 1.54) is 18.2 Å². The number of hydrogen-bond acceptors (Lipinski definition) is 10. The van der Waals surface area contributed by atoms with Crippen molar-refractivity contribution in [2.75, 3.05) is 42.8 Å². The summed E-state index contributed by atoms with van der Waals surface area (Å²) in [6.45, 7) is 12.3. The minimum atomic E-state index is -4.02. The van der Waals surface area contributed by atoms with Crippen molar-refractivity contribution < 1.29 is 25.5 Å². The fourth-order valence-electron chi connectivity index (χ4n) is 5.13.